The summed E-state index contributed by atoms with van der Waals surface area (Å²) in [5.74, 6) is 0.219. The third-order valence-corrected chi connectivity index (χ3v) is 5.91. The van der Waals surface area contributed by atoms with E-state index in [1.165, 1.54) is 17.4 Å². The number of carbonyl (C=O) groups is 1. The van der Waals surface area contributed by atoms with Gasteiger partial charge in [-0.05, 0) is 49.2 Å². The molecular weight excluding hydrogens is 399 g/mol. The number of ether oxygens (including phenoxy) is 1. The van der Waals surface area contributed by atoms with Crippen LogP contribution in [0.3, 0.4) is 0 Å². The van der Waals surface area contributed by atoms with E-state index in [0.29, 0.717) is 22.0 Å². The van der Waals surface area contributed by atoms with Crippen molar-refractivity contribution in [3.05, 3.63) is 69.9 Å². The highest BCUT2D eigenvalue weighted by atomic mass is 35.5. The smallest absolute Gasteiger partial charge is 0.273 e. The molecule has 0 N–H and O–H groups in total. The molecule has 0 spiro atoms. The van der Waals surface area contributed by atoms with Gasteiger partial charge in [0.25, 0.3) is 5.91 Å². The maximum atomic E-state index is 13.8. The lowest BCUT2D eigenvalue weighted by Gasteiger charge is -2.12. The predicted octanol–water partition coefficient (Wildman–Crippen LogP) is 5.42. The molecule has 4 rings (SSSR count). The Bertz CT molecular complexity index is 964. The van der Waals surface area contributed by atoms with Crippen LogP contribution in [0.25, 0.3) is 10.6 Å². The van der Waals surface area contributed by atoms with E-state index in [0.717, 1.165) is 36.5 Å². The van der Waals surface area contributed by atoms with Crippen molar-refractivity contribution < 1.29 is 13.9 Å². The summed E-state index contributed by atoms with van der Waals surface area (Å²) in [6, 6.07) is 11.9. The Morgan fingerprint density at radius 2 is 1.93 bits per heavy atom. The Morgan fingerprint density at radius 3 is 2.64 bits per heavy atom. The van der Waals surface area contributed by atoms with E-state index in [1.807, 2.05) is 17.0 Å². The quantitative estimate of drug-likeness (QED) is 0.557. The Kier molecular flexibility index (Phi) is 5.59. The van der Waals surface area contributed by atoms with E-state index < -0.39 is 0 Å². The molecule has 1 fully saturated rings. The Hall–Kier alpha value is -2.44. The second-order valence-corrected chi connectivity index (χ2v) is 7.82. The van der Waals surface area contributed by atoms with Gasteiger partial charge in [-0.15, -0.1) is 11.3 Å². The number of halogens is 2. The van der Waals surface area contributed by atoms with Crippen LogP contribution in [0.4, 0.5) is 4.39 Å². The average molecular weight is 417 g/mol. The highest BCUT2D eigenvalue weighted by Gasteiger charge is 2.22. The molecule has 28 heavy (non-hydrogen) atoms. The van der Waals surface area contributed by atoms with Gasteiger partial charge >= 0.3 is 0 Å². The molecule has 1 aliphatic rings. The van der Waals surface area contributed by atoms with Crippen molar-refractivity contribution in [3.63, 3.8) is 0 Å². The summed E-state index contributed by atoms with van der Waals surface area (Å²) >= 11 is 7.46. The van der Waals surface area contributed by atoms with Crippen molar-refractivity contribution in [3.8, 4) is 16.3 Å². The van der Waals surface area contributed by atoms with Crippen LogP contribution in [0, 0.1) is 5.82 Å². The lowest BCUT2D eigenvalue weighted by molar-refractivity contribution is 0.0788. The van der Waals surface area contributed by atoms with Crippen LogP contribution in [-0.4, -0.2) is 28.9 Å². The van der Waals surface area contributed by atoms with Crippen LogP contribution in [0.1, 0.15) is 28.9 Å². The summed E-state index contributed by atoms with van der Waals surface area (Å²) in [5.41, 5.74) is 1.73. The number of rotatable bonds is 5. The van der Waals surface area contributed by atoms with Gasteiger partial charge < -0.3 is 9.64 Å². The largest absolute Gasteiger partial charge is 0.489 e. The molecule has 1 amide bonds. The van der Waals surface area contributed by atoms with Crippen molar-refractivity contribution in [2.45, 2.75) is 19.4 Å². The third-order valence-electron chi connectivity index (χ3n) is 4.66. The molecule has 4 nitrogen and oxygen atoms in total. The summed E-state index contributed by atoms with van der Waals surface area (Å²) < 4.78 is 19.5. The zero-order chi connectivity index (χ0) is 19.5. The van der Waals surface area contributed by atoms with E-state index in [4.69, 9.17) is 16.3 Å². The zero-order valence-electron chi connectivity index (χ0n) is 15.0. The number of nitrogens with zero attached hydrogens (tertiary/aromatic N) is 2. The van der Waals surface area contributed by atoms with Gasteiger partial charge in [-0.2, -0.15) is 0 Å². The fourth-order valence-electron chi connectivity index (χ4n) is 3.11. The second-order valence-electron chi connectivity index (χ2n) is 6.55. The van der Waals surface area contributed by atoms with Gasteiger partial charge in [0.1, 0.15) is 28.9 Å². The minimum Gasteiger partial charge on any atom is -0.489 e. The molecule has 0 saturated carbocycles. The number of carbonyl (C=O) groups excluding carboxylic acids is 1. The number of thiazole rings is 1. The monoisotopic (exact) mass is 416 g/mol. The molecule has 1 aliphatic heterocycles. The average Bonchev–Trinajstić information content (AvgIpc) is 3.40. The second kappa shape index (κ2) is 8.29. The number of aromatic nitrogens is 1. The fourth-order valence-corrected chi connectivity index (χ4v) is 4.12. The summed E-state index contributed by atoms with van der Waals surface area (Å²) in [5, 5.41) is 2.93. The highest BCUT2D eigenvalue weighted by molar-refractivity contribution is 7.13. The van der Waals surface area contributed by atoms with Crippen molar-refractivity contribution in [1.29, 1.82) is 0 Å². The van der Waals surface area contributed by atoms with Crippen molar-refractivity contribution in [1.82, 2.24) is 9.88 Å². The van der Waals surface area contributed by atoms with Crippen molar-refractivity contribution >= 4 is 28.8 Å². The zero-order valence-corrected chi connectivity index (χ0v) is 16.6. The minimum atomic E-state index is -0.387. The first-order chi connectivity index (χ1) is 13.6. The SMILES string of the molecule is O=C(c1csc(-c2ccc(OCc3c(F)cccc3Cl)cc2)n1)N1CCCC1. The molecule has 144 valence electrons. The molecule has 3 aromatic rings. The lowest BCUT2D eigenvalue weighted by Crippen LogP contribution is -2.27. The van der Waals surface area contributed by atoms with Gasteiger partial charge in [-0.25, -0.2) is 9.37 Å². The van der Waals surface area contributed by atoms with Crippen LogP contribution in [0.5, 0.6) is 5.75 Å². The molecule has 0 unspecified atom stereocenters. The standard InChI is InChI=1S/C21H18ClFN2O2S/c22-17-4-3-5-18(23)16(17)12-27-15-8-6-14(7-9-15)20-24-19(13-28-20)21(26)25-10-1-2-11-25/h3-9,13H,1-2,10-12H2. The van der Waals surface area contributed by atoms with E-state index in [2.05, 4.69) is 4.98 Å². The predicted molar refractivity (Wildman–Crippen MR) is 108 cm³/mol. The third kappa shape index (κ3) is 4.03. The fraction of sp³-hybridized carbons (Fsp3) is 0.238. The van der Waals surface area contributed by atoms with Crippen LogP contribution in [0.2, 0.25) is 5.02 Å². The van der Waals surface area contributed by atoms with Gasteiger partial charge in [0, 0.05) is 29.6 Å². The number of likely N-dealkylation sites (tertiary alicyclic amines) is 1. The Labute approximate surface area is 171 Å². The molecule has 0 aliphatic carbocycles. The van der Waals surface area contributed by atoms with Gasteiger partial charge in [-0.3, -0.25) is 4.79 Å². The summed E-state index contributed by atoms with van der Waals surface area (Å²) in [7, 11) is 0. The Morgan fingerprint density at radius 1 is 1.18 bits per heavy atom. The number of hydrogen-bond donors (Lipinski definition) is 0. The first-order valence-electron chi connectivity index (χ1n) is 9.03. The lowest BCUT2D eigenvalue weighted by atomic mass is 10.2. The van der Waals surface area contributed by atoms with Crippen molar-refractivity contribution in [2.75, 3.05) is 13.1 Å². The topological polar surface area (TPSA) is 42.4 Å². The molecule has 0 bridgehead atoms. The van der Waals surface area contributed by atoms with E-state index in [9.17, 15) is 9.18 Å². The van der Waals surface area contributed by atoms with Gasteiger partial charge in [0.05, 0.1) is 5.02 Å². The van der Waals surface area contributed by atoms with Crippen LogP contribution < -0.4 is 4.74 Å². The highest BCUT2D eigenvalue weighted by Crippen LogP contribution is 2.28. The molecule has 0 radical (unpaired) electrons. The van der Waals surface area contributed by atoms with Crippen LogP contribution in [-0.2, 0) is 6.61 Å². The van der Waals surface area contributed by atoms with Crippen LogP contribution >= 0.6 is 22.9 Å². The summed E-state index contributed by atoms with van der Waals surface area (Å²) in [4.78, 5) is 18.8. The van der Waals surface area contributed by atoms with Gasteiger partial charge in [-0.1, -0.05) is 17.7 Å². The summed E-state index contributed by atoms with van der Waals surface area (Å²) in [6.07, 6.45) is 2.12. The first-order valence-corrected chi connectivity index (χ1v) is 10.3. The first kappa shape index (κ1) is 18.9. The van der Waals surface area contributed by atoms with E-state index in [-0.39, 0.29) is 18.3 Å². The normalized spacial score (nSPS) is 13.7. The molecular formula is C21H18ClFN2O2S. The molecule has 0 atom stereocenters. The van der Waals surface area contributed by atoms with E-state index in [1.54, 1.807) is 29.6 Å². The maximum absolute atomic E-state index is 13.8. The molecule has 7 heteroatoms. The van der Waals surface area contributed by atoms with Gasteiger partial charge in [0.2, 0.25) is 0 Å². The number of hydrogen-bond acceptors (Lipinski definition) is 4. The van der Waals surface area contributed by atoms with Crippen LogP contribution in [0.15, 0.2) is 47.8 Å². The minimum absolute atomic E-state index is 0.00159. The molecule has 1 saturated heterocycles. The number of benzene rings is 2. The van der Waals surface area contributed by atoms with E-state index >= 15 is 0 Å². The van der Waals surface area contributed by atoms with Crippen molar-refractivity contribution in [2.24, 2.45) is 0 Å². The maximum Gasteiger partial charge on any atom is 0.273 e. The molecule has 2 aromatic carbocycles. The number of amides is 1. The molecule has 2 heterocycles. The molecule has 1 aromatic heterocycles. The summed E-state index contributed by atoms with van der Waals surface area (Å²) in [6.45, 7) is 1.67. The van der Waals surface area contributed by atoms with Gasteiger partial charge in [0.15, 0.2) is 0 Å². The Balaban J connectivity index is 1.43.